The summed E-state index contributed by atoms with van der Waals surface area (Å²) in [5.41, 5.74) is 3.62. The lowest BCUT2D eigenvalue weighted by atomic mass is 10.0. The molecule has 10 heteroatoms. The number of aromatic amines is 1. The standard InChI is InChI=1S/C28H31N5O4S/c1-3-25-26(19-10-13-23(36-2)24(14-19)37-21-6-4-5-7-21)32-33(28(35)38-25)16-18-8-11-20(12-9-18)31-27(34)22-15-29-17-30-22/h8-15,17,21,25H,3-7,16H2,1-2H3,(H,29,30)(H,31,34). The molecule has 198 valence electrons. The molecule has 2 heterocycles. The summed E-state index contributed by atoms with van der Waals surface area (Å²) >= 11 is 1.29. The minimum Gasteiger partial charge on any atom is -0.493 e. The number of carbonyl (C=O) groups excluding carboxylic acids is 2. The van der Waals surface area contributed by atoms with Gasteiger partial charge in [-0.05, 0) is 68.0 Å². The summed E-state index contributed by atoms with van der Waals surface area (Å²) in [6, 6.07) is 13.2. The molecule has 1 atom stereocenters. The van der Waals surface area contributed by atoms with Crippen LogP contribution in [0, 0.1) is 0 Å². The Balaban J connectivity index is 1.34. The van der Waals surface area contributed by atoms with E-state index in [-0.39, 0.29) is 22.5 Å². The zero-order valence-electron chi connectivity index (χ0n) is 21.5. The van der Waals surface area contributed by atoms with Gasteiger partial charge in [0.15, 0.2) is 11.5 Å². The maximum absolute atomic E-state index is 13.0. The van der Waals surface area contributed by atoms with Crippen molar-refractivity contribution in [2.24, 2.45) is 5.10 Å². The molecule has 2 aliphatic rings. The van der Waals surface area contributed by atoms with Crippen LogP contribution in [0.5, 0.6) is 11.5 Å². The Labute approximate surface area is 226 Å². The van der Waals surface area contributed by atoms with E-state index in [0.29, 0.717) is 23.7 Å². The first kappa shape index (κ1) is 25.8. The Morgan fingerprint density at radius 2 is 1.95 bits per heavy atom. The third-order valence-electron chi connectivity index (χ3n) is 6.69. The normalized spacial score (nSPS) is 17.8. The van der Waals surface area contributed by atoms with Crippen LogP contribution in [0.1, 0.15) is 60.6 Å². The molecule has 2 amide bonds. The van der Waals surface area contributed by atoms with E-state index in [1.807, 2.05) is 30.3 Å². The van der Waals surface area contributed by atoms with Gasteiger partial charge in [-0.15, -0.1) is 0 Å². The number of thioether (sulfide) groups is 1. The number of rotatable bonds is 9. The third-order valence-corrected chi connectivity index (χ3v) is 7.94. The summed E-state index contributed by atoms with van der Waals surface area (Å²) in [5, 5.41) is 8.99. The minimum absolute atomic E-state index is 0.0499. The molecular weight excluding hydrogens is 502 g/mol. The van der Waals surface area contributed by atoms with Gasteiger partial charge < -0.3 is 19.8 Å². The van der Waals surface area contributed by atoms with Gasteiger partial charge in [0.05, 0.1) is 37.0 Å². The molecule has 2 aromatic carbocycles. The number of carbonyl (C=O) groups is 2. The van der Waals surface area contributed by atoms with Crippen molar-refractivity contribution >= 4 is 34.3 Å². The Bertz CT molecular complexity index is 1300. The van der Waals surface area contributed by atoms with Crippen LogP contribution in [0.15, 0.2) is 60.1 Å². The molecule has 1 aliphatic heterocycles. The first-order chi connectivity index (χ1) is 18.5. The lowest BCUT2D eigenvalue weighted by Gasteiger charge is -2.29. The Kier molecular flexibility index (Phi) is 7.97. The van der Waals surface area contributed by atoms with Gasteiger partial charge in [0.2, 0.25) is 0 Å². The Morgan fingerprint density at radius 3 is 2.63 bits per heavy atom. The van der Waals surface area contributed by atoms with Crippen LogP contribution in [-0.4, -0.2) is 50.3 Å². The SMILES string of the molecule is CCC1SC(=O)N(Cc2ccc(NC(=O)c3c[nH]cn3)cc2)N=C1c1ccc(OC)c(OC2CCCC2)c1. The van der Waals surface area contributed by atoms with Crippen molar-refractivity contribution in [3.05, 3.63) is 71.8 Å². The molecule has 0 bridgehead atoms. The number of nitrogens with zero attached hydrogens (tertiary/aromatic N) is 3. The zero-order valence-corrected chi connectivity index (χ0v) is 22.3. The van der Waals surface area contributed by atoms with Gasteiger partial charge in [-0.1, -0.05) is 30.8 Å². The molecule has 38 heavy (non-hydrogen) atoms. The van der Waals surface area contributed by atoms with Crippen molar-refractivity contribution in [3.8, 4) is 11.5 Å². The van der Waals surface area contributed by atoms with E-state index >= 15 is 0 Å². The number of ether oxygens (including phenoxy) is 2. The molecule has 1 aliphatic carbocycles. The molecule has 2 N–H and O–H groups in total. The lowest BCUT2D eigenvalue weighted by molar-refractivity contribution is 0.102. The number of imidazole rings is 1. The first-order valence-electron chi connectivity index (χ1n) is 12.8. The topological polar surface area (TPSA) is 109 Å². The smallest absolute Gasteiger partial charge is 0.302 e. The molecule has 0 spiro atoms. The second-order valence-electron chi connectivity index (χ2n) is 9.32. The molecule has 1 unspecified atom stereocenters. The number of amides is 2. The van der Waals surface area contributed by atoms with Gasteiger partial charge in [-0.3, -0.25) is 9.59 Å². The highest BCUT2D eigenvalue weighted by atomic mass is 32.2. The monoisotopic (exact) mass is 533 g/mol. The van der Waals surface area contributed by atoms with Crippen molar-refractivity contribution in [3.63, 3.8) is 0 Å². The van der Waals surface area contributed by atoms with Crippen LogP contribution in [0.25, 0.3) is 0 Å². The summed E-state index contributed by atoms with van der Waals surface area (Å²) in [5.74, 6) is 1.12. The molecule has 0 radical (unpaired) electrons. The summed E-state index contributed by atoms with van der Waals surface area (Å²) in [7, 11) is 1.65. The van der Waals surface area contributed by atoms with E-state index in [1.54, 1.807) is 19.2 Å². The van der Waals surface area contributed by atoms with Crippen LogP contribution in [0.3, 0.4) is 0 Å². The second kappa shape index (κ2) is 11.7. The van der Waals surface area contributed by atoms with Crippen molar-refractivity contribution in [1.82, 2.24) is 15.0 Å². The highest BCUT2D eigenvalue weighted by Crippen LogP contribution is 2.36. The molecule has 1 saturated carbocycles. The third kappa shape index (κ3) is 5.85. The molecular formula is C28H31N5O4S. The number of hydrogen-bond acceptors (Lipinski definition) is 7. The average Bonchev–Trinajstić information content (AvgIpc) is 3.66. The predicted octanol–water partition coefficient (Wildman–Crippen LogP) is 5.84. The highest BCUT2D eigenvalue weighted by Gasteiger charge is 2.31. The Morgan fingerprint density at radius 1 is 1.16 bits per heavy atom. The van der Waals surface area contributed by atoms with Crippen LogP contribution in [-0.2, 0) is 6.54 Å². The van der Waals surface area contributed by atoms with Crippen LogP contribution in [0.4, 0.5) is 10.5 Å². The van der Waals surface area contributed by atoms with Crippen molar-refractivity contribution in [2.45, 2.75) is 56.9 Å². The molecule has 1 aromatic heterocycles. The number of hydrogen-bond donors (Lipinski definition) is 2. The first-order valence-corrected chi connectivity index (χ1v) is 13.7. The van der Waals surface area contributed by atoms with Gasteiger partial charge in [0, 0.05) is 17.4 Å². The average molecular weight is 534 g/mol. The number of H-pyrrole nitrogens is 1. The minimum atomic E-state index is -0.294. The van der Waals surface area contributed by atoms with Crippen molar-refractivity contribution in [1.29, 1.82) is 0 Å². The van der Waals surface area contributed by atoms with Crippen molar-refractivity contribution < 1.29 is 19.1 Å². The molecule has 0 saturated heterocycles. The fourth-order valence-corrected chi connectivity index (χ4v) is 5.59. The fraction of sp³-hybridized carbons (Fsp3) is 0.357. The largest absolute Gasteiger partial charge is 0.493 e. The Hall–Kier alpha value is -3.79. The van der Waals surface area contributed by atoms with E-state index in [2.05, 4.69) is 22.2 Å². The number of benzene rings is 2. The summed E-state index contributed by atoms with van der Waals surface area (Å²) in [6.07, 6.45) is 8.44. The van der Waals surface area contributed by atoms with E-state index < -0.39 is 0 Å². The second-order valence-corrected chi connectivity index (χ2v) is 10.5. The number of anilines is 1. The molecule has 1 fully saturated rings. The van der Waals surface area contributed by atoms with Crippen molar-refractivity contribution in [2.75, 3.05) is 12.4 Å². The number of hydrazone groups is 1. The van der Waals surface area contributed by atoms with E-state index in [4.69, 9.17) is 14.6 Å². The van der Waals surface area contributed by atoms with E-state index in [0.717, 1.165) is 41.9 Å². The van der Waals surface area contributed by atoms with Gasteiger partial charge in [0.1, 0.15) is 5.69 Å². The van der Waals surface area contributed by atoms with Gasteiger partial charge in [-0.25, -0.2) is 9.99 Å². The maximum Gasteiger partial charge on any atom is 0.302 e. The zero-order chi connectivity index (χ0) is 26.5. The predicted molar refractivity (Wildman–Crippen MR) is 148 cm³/mol. The highest BCUT2D eigenvalue weighted by molar-refractivity contribution is 8.14. The van der Waals surface area contributed by atoms with Crippen LogP contribution in [0.2, 0.25) is 0 Å². The van der Waals surface area contributed by atoms with Gasteiger partial charge in [-0.2, -0.15) is 5.10 Å². The lowest BCUT2D eigenvalue weighted by Crippen LogP contribution is -2.34. The number of nitrogens with one attached hydrogen (secondary N) is 2. The molecule has 3 aromatic rings. The fourth-order valence-electron chi connectivity index (χ4n) is 4.65. The summed E-state index contributed by atoms with van der Waals surface area (Å²) in [4.78, 5) is 31.9. The summed E-state index contributed by atoms with van der Waals surface area (Å²) in [6.45, 7) is 2.38. The van der Waals surface area contributed by atoms with Gasteiger partial charge >= 0.3 is 5.24 Å². The van der Waals surface area contributed by atoms with Gasteiger partial charge in [0.25, 0.3) is 5.91 Å². The van der Waals surface area contributed by atoms with E-state index in [9.17, 15) is 9.59 Å². The maximum atomic E-state index is 13.0. The number of aromatic nitrogens is 2. The quantitative estimate of drug-likeness (QED) is 0.357. The van der Waals surface area contributed by atoms with Crippen LogP contribution < -0.4 is 14.8 Å². The molecule has 5 rings (SSSR count). The summed E-state index contributed by atoms with van der Waals surface area (Å²) < 4.78 is 11.9. The van der Waals surface area contributed by atoms with Crippen LogP contribution >= 0.6 is 11.8 Å². The number of methoxy groups -OCH3 is 1. The molecule has 9 nitrogen and oxygen atoms in total. The van der Waals surface area contributed by atoms with E-state index in [1.165, 1.54) is 42.1 Å².